The number of nitrogens with zero attached hydrogens (tertiary/aromatic N) is 3. The fourth-order valence-corrected chi connectivity index (χ4v) is 6.34. The third-order valence-electron chi connectivity index (χ3n) is 6.59. The quantitative estimate of drug-likeness (QED) is 0.293. The maximum absolute atomic E-state index is 14.6. The first-order chi connectivity index (χ1) is 18.9. The standard InChI is InChI=1S/C30H30FN3O5S/c1-19-28(24-16-21(31)13-14-25(24)33(19)18-27(35)39-30(2,3)4)29-23-11-6-7-12-26(23)40(36,37)34(32-29)17-20-9-8-10-22(15-20)38-5/h6-16H,17-18H2,1-5H3. The van der Waals surface area contributed by atoms with E-state index >= 15 is 0 Å². The SMILES string of the molecule is COc1cccc(CN2N=C(c3c(C)n(CC(=O)OC(C)(C)C)c4ccc(F)cc34)c3ccccc3S2(=O)=O)c1. The van der Waals surface area contributed by atoms with Crippen molar-refractivity contribution in [1.29, 1.82) is 0 Å². The topological polar surface area (TPSA) is 90.2 Å². The van der Waals surface area contributed by atoms with Crippen molar-refractivity contribution in [3.05, 3.63) is 94.9 Å². The van der Waals surface area contributed by atoms with Crippen LogP contribution in [0, 0.1) is 12.7 Å². The Morgan fingerprint density at radius 3 is 2.50 bits per heavy atom. The van der Waals surface area contributed by atoms with Gasteiger partial charge in [0, 0.05) is 27.7 Å². The predicted molar refractivity (Wildman–Crippen MR) is 150 cm³/mol. The molecular formula is C30H30FN3O5S. The van der Waals surface area contributed by atoms with Crippen molar-refractivity contribution in [2.45, 2.75) is 51.3 Å². The van der Waals surface area contributed by atoms with Crippen LogP contribution in [-0.2, 0) is 32.6 Å². The molecule has 0 aliphatic carbocycles. The number of hydrazone groups is 1. The van der Waals surface area contributed by atoms with Gasteiger partial charge in [-0.2, -0.15) is 17.9 Å². The Labute approximate surface area is 232 Å². The van der Waals surface area contributed by atoms with Crippen molar-refractivity contribution in [1.82, 2.24) is 8.98 Å². The number of esters is 1. The Balaban J connectivity index is 1.71. The molecule has 3 aromatic carbocycles. The van der Waals surface area contributed by atoms with Crippen LogP contribution in [0.2, 0.25) is 0 Å². The Kier molecular flexibility index (Phi) is 6.91. The lowest BCUT2D eigenvalue weighted by atomic mass is 9.99. The van der Waals surface area contributed by atoms with Crippen LogP contribution in [0.25, 0.3) is 10.9 Å². The molecule has 4 aromatic rings. The van der Waals surface area contributed by atoms with Gasteiger partial charge in [0.2, 0.25) is 0 Å². The molecule has 10 heteroatoms. The second-order valence-electron chi connectivity index (χ2n) is 10.6. The number of methoxy groups -OCH3 is 1. The fourth-order valence-electron chi connectivity index (χ4n) is 4.91. The van der Waals surface area contributed by atoms with Gasteiger partial charge in [-0.25, -0.2) is 4.39 Å². The summed E-state index contributed by atoms with van der Waals surface area (Å²) >= 11 is 0. The minimum atomic E-state index is -4.00. The Bertz CT molecular complexity index is 1770. The number of fused-ring (bicyclic) bond motifs is 2. The summed E-state index contributed by atoms with van der Waals surface area (Å²) in [7, 11) is -2.46. The largest absolute Gasteiger partial charge is 0.497 e. The van der Waals surface area contributed by atoms with Crippen LogP contribution in [0.4, 0.5) is 4.39 Å². The monoisotopic (exact) mass is 563 g/mol. The normalized spacial score (nSPS) is 14.6. The summed E-state index contributed by atoms with van der Waals surface area (Å²) in [6, 6.07) is 18.0. The first kappa shape index (κ1) is 27.4. The molecule has 0 saturated carbocycles. The lowest BCUT2D eigenvalue weighted by Gasteiger charge is -2.27. The average Bonchev–Trinajstić information content (AvgIpc) is 3.15. The molecule has 0 amide bonds. The Hall–Kier alpha value is -4.18. The minimum Gasteiger partial charge on any atom is -0.497 e. The third kappa shape index (κ3) is 5.06. The molecule has 8 nitrogen and oxygen atoms in total. The van der Waals surface area contributed by atoms with Gasteiger partial charge in [-0.1, -0.05) is 30.3 Å². The zero-order valence-electron chi connectivity index (χ0n) is 22.9. The summed E-state index contributed by atoms with van der Waals surface area (Å²) in [5.74, 6) is -0.321. The number of hydrogen-bond donors (Lipinski definition) is 0. The van der Waals surface area contributed by atoms with E-state index in [-0.39, 0.29) is 18.0 Å². The highest BCUT2D eigenvalue weighted by atomic mass is 32.2. The smallest absolute Gasteiger partial charge is 0.326 e. The number of aromatic nitrogens is 1. The van der Waals surface area contributed by atoms with Gasteiger partial charge in [-0.15, -0.1) is 0 Å². The van der Waals surface area contributed by atoms with Gasteiger partial charge in [0.15, 0.2) is 0 Å². The van der Waals surface area contributed by atoms with Gasteiger partial charge >= 0.3 is 5.97 Å². The number of carbonyl (C=O) groups is 1. The lowest BCUT2D eigenvalue weighted by molar-refractivity contribution is -0.155. The summed E-state index contributed by atoms with van der Waals surface area (Å²) in [5, 5.41) is 5.17. The van der Waals surface area contributed by atoms with E-state index < -0.39 is 27.4 Å². The number of carbonyl (C=O) groups excluding carboxylic acids is 1. The van der Waals surface area contributed by atoms with Crippen LogP contribution in [0.15, 0.2) is 76.7 Å². The number of hydrogen-bond acceptors (Lipinski definition) is 6. The highest BCUT2D eigenvalue weighted by Gasteiger charge is 2.35. The molecule has 0 bridgehead atoms. The Morgan fingerprint density at radius 2 is 1.77 bits per heavy atom. The van der Waals surface area contributed by atoms with E-state index in [4.69, 9.17) is 9.47 Å². The van der Waals surface area contributed by atoms with E-state index in [1.807, 2.05) is 0 Å². The van der Waals surface area contributed by atoms with Crippen LogP contribution >= 0.6 is 0 Å². The van der Waals surface area contributed by atoms with Gasteiger partial charge in [-0.3, -0.25) is 4.79 Å². The second kappa shape index (κ2) is 10.1. The van der Waals surface area contributed by atoms with E-state index in [0.717, 1.165) is 4.41 Å². The number of rotatable bonds is 6. The number of ether oxygens (including phenoxy) is 2. The van der Waals surface area contributed by atoms with Crippen LogP contribution in [-0.4, -0.2) is 41.8 Å². The number of halogens is 1. The number of sulfonamides is 1. The molecule has 0 radical (unpaired) electrons. The molecule has 1 aliphatic rings. The van der Waals surface area contributed by atoms with E-state index in [1.54, 1.807) is 80.8 Å². The second-order valence-corrected chi connectivity index (χ2v) is 12.4. The molecule has 0 saturated heterocycles. The zero-order valence-corrected chi connectivity index (χ0v) is 23.8. The molecule has 2 heterocycles. The van der Waals surface area contributed by atoms with Crippen LogP contribution in [0.5, 0.6) is 5.75 Å². The predicted octanol–water partition coefficient (Wildman–Crippen LogP) is 5.40. The highest BCUT2D eigenvalue weighted by Crippen LogP contribution is 2.35. The minimum absolute atomic E-state index is 0.0404. The van der Waals surface area contributed by atoms with Gasteiger partial charge < -0.3 is 14.0 Å². The van der Waals surface area contributed by atoms with E-state index in [0.29, 0.717) is 44.7 Å². The van der Waals surface area contributed by atoms with Gasteiger partial charge in [0.05, 0.1) is 18.6 Å². The first-order valence-corrected chi connectivity index (χ1v) is 14.2. The van der Waals surface area contributed by atoms with Gasteiger partial charge in [-0.05, 0) is 69.7 Å². The third-order valence-corrected chi connectivity index (χ3v) is 8.27. The molecule has 0 unspecified atom stereocenters. The van der Waals surface area contributed by atoms with E-state index in [2.05, 4.69) is 5.10 Å². The van der Waals surface area contributed by atoms with Crippen molar-refractivity contribution in [2.24, 2.45) is 5.10 Å². The van der Waals surface area contributed by atoms with Crippen molar-refractivity contribution in [3.63, 3.8) is 0 Å². The van der Waals surface area contributed by atoms with Crippen LogP contribution in [0.1, 0.15) is 43.2 Å². The molecule has 1 aromatic heterocycles. The fraction of sp³-hybridized carbons (Fsp3) is 0.267. The molecule has 40 heavy (non-hydrogen) atoms. The summed E-state index contributed by atoms with van der Waals surface area (Å²) in [6.45, 7) is 7.03. The molecular weight excluding hydrogens is 533 g/mol. The summed E-state index contributed by atoms with van der Waals surface area (Å²) in [6.07, 6.45) is 0. The maximum Gasteiger partial charge on any atom is 0.326 e. The van der Waals surface area contributed by atoms with Crippen molar-refractivity contribution < 1.29 is 27.1 Å². The van der Waals surface area contributed by atoms with Crippen LogP contribution in [0.3, 0.4) is 0 Å². The number of benzene rings is 3. The molecule has 1 aliphatic heterocycles. The molecule has 0 atom stereocenters. The highest BCUT2D eigenvalue weighted by molar-refractivity contribution is 7.89. The van der Waals surface area contributed by atoms with Crippen molar-refractivity contribution >= 4 is 32.6 Å². The molecule has 5 rings (SSSR count). The van der Waals surface area contributed by atoms with E-state index in [9.17, 15) is 17.6 Å². The summed E-state index contributed by atoms with van der Waals surface area (Å²) in [4.78, 5) is 12.9. The van der Waals surface area contributed by atoms with E-state index in [1.165, 1.54) is 25.3 Å². The molecule has 0 fully saturated rings. The Morgan fingerprint density at radius 1 is 1.02 bits per heavy atom. The molecule has 0 spiro atoms. The lowest BCUT2D eigenvalue weighted by Crippen LogP contribution is -2.33. The van der Waals surface area contributed by atoms with Crippen molar-refractivity contribution in [2.75, 3.05) is 7.11 Å². The first-order valence-electron chi connectivity index (χ1n) is 12.7. The van der Waals surface area contributed by atoms with Crippen LogP contribution < -0.4 is 4.74 Å². The summed E-state index contributed by atoms with van der Waals surface area (Å²) in [5.41, 5.74) is 2.53. The summed E-state index contributed by atoms with van der Waals surface area (Å²) < 4.78 is 55.6. The molecule has 0 N–H and O–H groups in total. The molecule has 208 valence electrons. The zero-order chi connectivity index (χ0) is 28.8. The van der Waals surface area contributed by atoms with Crippen molar-refractivity contribution in [3.8, 4) is 5.75 Å². The average molecular weight is 564 g/mol. The maximum atomic E-state index is 14.6. The van der Waals surface area contributed by atoms with Gasteiger partial charge in [0.1, 0.15) is 29.4 Å². The van der Waals surface area contributed by atoms with Gasteiger partial charge in [0.25, 0.3) is 10.0 Å².